The second-order valence-electron chi connectivity index (χ2n) is 13.7. The highest BCUT2D eigenvalue weighted by molar-refractivity contribution is 7.84. The monoisotopic (exact) mass is 691 g/mol. The molecule has 10 heteroatoms. The largest absolute Gasteiger partial charge is 0.490 e. The minimum absolute atomic E-state index is 0.0926. The van der Waals surface area contributed by atoms with Crippen molar-refractivity contribution >= 4 is 34.2 Å². The van der Waals surface area contributed by atoms with Gasteiger partial charge in [0.25, 0.3) is 5.91 Å². The lowest BCUT2D eigenvalue weighted by Crippen LogP contribution is -2.49. The Hall–Kier alpha value is -3.40. The predicted octanol–water partition coefficient (Wildman–Crippen LogP) is 6.67. The second kappa shape index (κ2) is 15.0. The first kappa shape index (κ1) is 34.5. The van der Waals surface area contributed by atoms with Gasteiger partial charge in [0.15, 0.2) is 0 Å². The maximum Gasteiger partial charge on any atom is 0.263 e. The molecule has 2 bridgehead atoms. The average Bonchev–Trinajstić information content (AvgIpc) is 3.23. The van der Waals surface area contributed by atoms with Gasteiger partial charge >= 0.3 is 0 Å². The van der Waals surface area contributed by atoms with E-state index in [4.69, 9.17) is 21.1 Å². The van der Waals surface area contributed by atoms with Gasteiger partial charge in [-0.2, -0.15) is 0 Å². The highest BCUT2D eigenvalue weighted by atomic mass is 35.5. The zero-order valence-electron chi connectivity index (χ0n) is 27.9. The van der Waals surface area contributed by atoms with Gasteiger partial charge < -0.3 is 19.5 Å². The van der Waals surface area contributed by atoms with Crippen LogP contribution in [0.25, 0.3) is 0 Å². The number of rotatable bonds is 1. The number of carbonyl (C=O) groups excluding carboxylic acids is 1. The van der Waals surface area contributed by atoms with E-state index in [0.717, 1.165) is 61.7 Å². The number of ether oxygens (including phenoxy) is 2. The fourth-order valence-electron chi connectivity index (χ4n) is 7.50. The third-order valence-corrected chi connectivity index (χ3v) is 12.5. The number of allylic oxidation sites excluding steroid dienone is 1. The Balaban J connectivity index is 0.000000441. The Morgan fingerprint density at radius 2 is 2.00 bits per heavy atom. The van der Waals surface area contributed by atoms with E-state index in [0.29, 0.717) is 30.4 Å². The number of methoxy groups -OCH3 is 1. The topological polar surface area (TPSA) is 101 Å². The number of hydrogen-bond donors (Lipinski definition) is 2. The summed E-state index contributed by atoms with van der Waals surface area (Å²) in [5, 5.41) is 11.6. The summed E-state index contributed by atoms with van der Waals surface area (Å²) in [5.74, 6) is 1.71. The first-order chi connectivity index (χ1) is 23.2. The van der Waals surface area contributed by atoms with Gasteiger partial charge in [-0.25, -0.2) is 9.19 Å². The molecule has 2 aromatic carbocycles. The third-order valence-electron chi connectivity index (χ3n) is 10.7. The normalized spacial score (nSPS) is 30.5. The van der Waals surface area contributed by atoms with E-state index in [2.05, 4.69) is 26.7 Å². The molecule has 48 heavy (non-hydrogen) atoms. The molecule has 1 amide bonds. The molecule has 4 aliphatic rings. The van der Waals surface area contributed by atoms with Crippen LogP contribution in [0.5, 0.6) is 11.6 Å². The van der Waals surface area contributed by atoms with Crippen molar-refractivity contribution in [3.8, 4) is 11.6 Å². The maximum absolute atomic E-state index is 13.3. The van der Waals surface area contributed by atoms with Crippen molar-refractivity contribution < 1.29 is 23.6 Å². The minimum atomic E-state index is -1.53. The highest BCUT2D eigenvalue weighted by Crippen LogP contribution is 2.46. The van der Waals surface area contributed by atoms with E-state index in [1.165, 1.54) is 11.1 Å². The summed E-state index contributed by atoms with van der Waals surface area (Å²) >= 11 is 6.39. The van der Waals surface area contributed by atoms with E-state index in [1.54, 1.807) is 25.4 Å². The summed E-state index contributed by atoms with van der Waals surface area (Å²) in [4.78, 5) is 19.5. The number of nitrogens with zero attached hydrogens (tertiary/aromatic N) is 2. The highest BCUT2D eigenvalue weighted by Gasteiger charge is 2.44. The fraction of sp³-hybridized carbons (Fsp3) is 0.474. The number of aromatic nitrogens is 1. The first-order valence-corrected chi connectivity index (χ1v) is 18.6. The van der Waals surface area contributed by atoms with Gasteiger partial charge in [0.1, 0.15) is 16.7 Å². The summed E-state index contributed by atoms with van der Waals surface area (Å²) in [6, 6.07) is 17.3. The molecule has 2 N–H and O–H groups in total. The molecule has 0 saturated heterocycles. The molecule has 2 aliphatic heterocycles. The number of pyridine rings is 1. The van der Waals surface area contributed by atoms with Crippen LogP contribution in [0.4, 0.5) is 5.69 Å². The molecular formula is C38H46ClN3O5S. The van der Waals surface area contributed by atoms with Gasteiger partial charge in [0.2, 0.25) is 5.88 Å². The van der Waals surface area contributed by atoms with Crippen molar-refractivity contribution in [3.05, 3.63) is 94.7 Å². The van der Waals surface area contributed by atoms with Crippen molar-refractivity contribution in [2.45, 2.75) is 69.1 Å². The average molecular weight is 692 g/mol. The summed E-state index contributed by atoms with van der Waals surface area (Å²) < 4.78 is 27.1. The number of aliphatic hydroxyl groups is 1. The van der Waals surface area contributed by atoms with E-state index in [9.17, 15) is 14.1 Å². The van der Waals surface area contributed by atoms with Crippen molar-refractivity contribution in [3.63, 3.8) is 0 Å². The van der Waals surface area contributed by atoms with E-state index in [1.807, 2.05) is 56.3 Å². The minimum Gasteiger partial charge on any atom is -0.490 e. The number of benzene rings is 2. The summed E-state index contributed by atoms with van der Waals surface area (Å²) in [6.45, 7) is 6.02. The molecular weight excluding hydrogens is 646 g/mol. The molecule has 6 unspecified atom stereocenters. The number of aryl methyl sites for hydroxylation is 1. The van der Waals surface area contributed by atoms with Crippen LogP contribution < -0.4 is 19.1 Å². The van der Waals surface area contributed by atoms with Crippen LogP contribution in [0.2, 0.25) is 5.02 Å². The number of amides is 1. The van der Waals surface area contributed by atoms with Crippen LogP contribution >= 0.6 is 11.6 Å². The Kier molecular flexibility index (Phi) is 10.8. The Bertz CT molecular complexity index is 1650. The van der Waals surface area contributed by atoms with Gasteiger partial charge in [0, 0.05) is 41.4 Å². The lowest BCUT2D eigenvalue weighted by atomic mass is 9.68. The second-order valence-corrected chi connectivity index (χ2v) is 15.7. The van der Waals surface area contributed by atoms with Gasteiger partial charge in [-0.1, -0.05) is 42.8 Å². The molecule has 2 aliphatic carbocycles. The number of nitrogens with one attached hydrogen (secondary N) is 1. The van der Waals surface area contributed by atoms with Crippen LogP contribution in [0, 0.1) is 17.8 Å². The predicted molar refractivity (Wildman–Crippen MR) is 191 cm³/mol. The summed E-state index contributed by atoms with van der Waals surface area (Å²) in [6.07, 6.45) is 11.0. The zero-order chi connectivity index (χ0) is 33.8. The van der Waals surface area contributed by atoms with Crippen molar-refractivity contribution in [2.75, 3.05) is 31.7 Å². The summed E-state index contributed by atoms with van der Waals surface area (Å²) in [7, 11) is 0.0693. The zero-order valence-corrected chi connectivity index (χ0v) is 29.5. The molecule has 7 rings (SSSR count). The fourth-order valence-corrected chi connectivity index (χ4v) is 8.71. The van der Waals surface area contributed by atoms with Gasteiger partial charge in [-0.15, -0.1) is 0 Å². The first-order valence-electron chi connectivity index (χ1n) is 17.0. The smallest absolute Gasteiger partial charge is 0.263 e. The molecule has 1 spiro atoms. The Labute approximate surface area is 291 Å². The number of carbonyl (C=O) groups is 1. The van der Waals surface area contributed by atoms with Gasteiger partial charge in [0.05, 0.1) is 30.8 Å². The molecule has 8 nitrogen and oxygen atoms in total. The van der Waals surface area contributed by atoms with Crippen LogP contribution in [0.1, 0.15) is 67.4 Å². The molecule has 0 radical (unpaired) electrons. The lowest BCUT2D eigenvalue weighted by molar-refractivity contribution is 0.0456. The number of halogens is 1. The standard InChI is InChI=1S/C32H39ClN2O4S.C6H7NO/c1-20-5-3-7-29(36)26-11-8-24(26)17-35-18-32(14-4-6-22-15-25(33)10-12-27(22)32)19-39-30-13-9-23(16-28(30)35)31(37)34-40(38)21(20)2;1-8-6-4-2-3-5-7-6/h3,7,9-10,12-13,15-16,20-21,24,26,29,36H,4-6,8,11,14,17-19H2,1-2H3,(H,34,37);2-5H,1H3/b7-3+;/t20?,21?,24?,26?,29?,32-,40?;/m0./s1. The Morgan fingerprint density at radius 3 is 2.73 bits per heavy atom. The number of anilines is 1. The lowest BCUT2D eigenvalue weighted by Gasteiger charge is -2.45. The van der Waals surface area contributed by atoms with Crippen LogP contribution in [-0.4, -0.2) is 58.4 Å². The SMILES string of the molecule is CC1C/C=C/C(O)C2CCC2CN2C[C@@]3(CCCc4cc(Cl)ccc43)COc3ccc(cc32)C(=O)NS(=O)C1C.COc1ccccn1. The molecule has 3 heterocycles. The molecule has 1 saturated carbocycles. The van der Waals surface area contributed by atoms with Gasteiger partial charge in [-0.05, 0) is 111 Å². The van der Waals surface area contributed by atoms with Crippen LogP contribution in [-0.2, 0) is 22.8 Å². The third kappa shape index (κ3) is 7.43. The molecule has 1 fully saturated rings. The van der Waals surface area contributed by atoms with Crippen LogP contribution in [0.15, 0.2) is 72.9 Å². The number of hydrogen-bond acceptors (Lipinski definition) is 7. The molecule has 7 atom stereocenters. The number of aliphatic hydroxyl groups excluding tert-OH is 1. The summed E-state index contributed by atoms with van der Waals surface area (Å²) in [5.41, 5.74) is 3.75. The molecule has 3 aromatic rings. The number of fused-ring (bicyclic) bond motifs is 4. The van der Waals surface area contributed by atoms with Crippen molar-refractivity contribution in [2.24, 2.45) is 17.8 Å². The van der Waals surface area contributed by atoms with Crippen molar-refractivity contribution in [1.29, 1.82) is 0 Å². The molecule has 1 aromatic heterocycles. The quantitative estimate of drug-likeness (QED) is 0.275. The van der Waals surface area contributed by atoms with Gasteiger partial charge in [-0.3, -0.25) is 9.52 Å². The van der Waals surface area contributed by atoms with E-state index < -0.39 is 17.1 Å². The van der Waals surface area contributed by atoms with Crippen LogP contribution in [0.3, 0.4) is 0 Å². The maximum atomic E-state index is 13.3. The van der Waals surface area contributed by atoms with E-state index in [-0.39, 0.29) is 28.4 Å². The molecule has 256 valence electrons. The Morgan fingerprint density at radius 1 is 1.15 bits per heavy atom. The van der Waals surface area contributed by atoms with Crippen molar-refractivity contribution in [1.82, 2.24) is 9.71 Å². The van der Waals surface area contributed by atoms with E-state index >= 15 is 0 Å².